The number of nitrogens with one attached hydrogen (secondary N) is 1. The monoisotopic (exact) mass is 260 g/mol. The fourth-order valence-electron chi connectivity index (χ4n) is 1.76. The van der Waals surface area contributed by atoms with Crippen LogP contribution in [-0.4, -0.2) is 18.0 Å². The number of hydrogen-bond acceptors (Lipinski definition) is 4. The van der Waals surface area contributed by atoms with E-state index >= 15 is 0 Å². The fourth-order valence-corrected chi connectivity index (χ4v) is 1.76. The predicted octanol–water partition coefficient (Wildman–Crippen LogP) is 1.85. The average molecular weight is 260 g/mol. The molecule has 5 heteroatoms. The number of ether oxygens (including phenoxy) is 1. The molecule has 1 aromatic carbocycles. The van der Waals surface area contributed by atoms with Crippen LogP contribution in [0.1, 0.15) is 17.0 Å². The summed E-state index contributed by atoms with van der Waals surface area (Å²) in [4.78, 5) is 15.8. The number of benzene rings is 1. The van der Waals surface area contributed by atoms with E-state index < -0.39 is 0 Å². The molecule has 0 fully saturated rings. The van der Waals surface area contributed by atoms with E-state index in [-0.39, 0.29) is 12.3 Å². The summed E-state index contributed by atoms with van der Waals surface area (Å²) in [5.74, 6) is 1.31. The van der Waals surface area contributed by atoms with Crippen LogP contribution in [0, 0.1) is 6.92 Å². The van der Waals surface area contributed by atoms with Crippen LogP contribution in [0.2, 0.25) is 0 Å². The zero-order chi connectivity index (χ0) is 13.7. The van der Waals surface area contributed by atoms with Gasteiger partial charge in [-0.15, -0.1) is 0 Å². The highest BCUT2D eigenvalue weighted by Crippen LogP contribution is 2.17. The second-order valence-corrected chi connectivity index (χ2v) is 4.13. The third kappa shape index (κ3) is 3.34. The Labute approximate surface area is 111 Å². The largest absolute Gasteiger partial charge is 0.496 e. The maximum atomic E-state index is 11.9. The molecule has 1 heterocycles. The average Bonchev–Trinajstić information content (AvgIpc) is 2.82. The zero-order valence-corrected chi connectivity index (χ0v) is 11.0. The lowest BCUT2D eigenvalue weighted by molar-refractivity contribution is -0.120. The van der Waals surface area contributed by atoms with Crippen LogP contribution in [0.3, 0.4) is 0 Å². The fraction of sp³-hybridized carbons (Fsp3) is 0.286. The van der Waals surface area contributed by atoms with Crippen LogP contribution < -0.4 is 10.1 Å². The second-order valence-electron chi connectivity index (χ2n) is 4.13. The number of carbonyl (C=O) groups excluding carboxylic acids is 1. The second kappa shape index (κ2) is 6.04. The highest BCUT2D eigenvalue weighted by Gasteiger charge is 2.09. The Bertz CT molecular complexity index is 563. The van der Waals surface area contributed by atoms with E-state index in [0.29, 0.717) is 18.1 Å². The molecule has 0 unspecified atom stereocenters. The van der Waals surface area contributed by atoms with Gasteiger partial charge in [-0.05, 0) is 13.0 Å². The maximum absolute atomic E-state index is 11.9. The number of methoxy groups -OCH3 is 1. The highest BCUT2D eigenvalue weighted by atomic mass is 16.5. The van der Waals surface area contributed by atoms with Gasteiger partial charge in [0.25, 0.3) is 0 Å². The molecule has 2 aromatic rings. The molecule has 0 aliphatic rings. The standard InChI is InChI=1S/C14H16N2O3/c1-10-13(19-9-16-10)8-15-14(17)7-11-5-3-4-6-12(11)18-2/h3-6,9H,7-8H2,1-2H3,(H,15,17). The summed E-state index contributed by atoms with van der Waals surface area (Å²) in [6.45, 7) is 2.19. The quantitative estimate of drug-likeness (QED) is 0.891. The summed E-state index contributed by atoms with van der Waals surface area (Å²) in [6, 6.07) is 7.46. The van der Waals surface area contributed by atoms with Gasteiger partial charge in [0, 0.05) is 5.56 Å². The van der Waals surface area contributed by atoms with Gasteiger partial charge in [0.1, 0.15) is 11.5 Å². The number of oxazole rings is 1. The van der Waals surface area contributed by atoms with Gasteiger partial charge in [-0.1, -0.05) is 18.2 Å². The van der Waals surface area contributed by atoms with Crippen LogP contribution in [0.5, 0.6) is 5.75 Å². The van der Waals surface area contributed by atoms with Crippen molar-refractivity contribution in [3.8, 4) is 5.75 Å². The number of amides is 1. The maximum Gasteiger partial charge on any atom is 0.224 e. The van der Waals surface area contributed by atoms with Crippen molar-refractivity contribution in [1.82, 2.24) is 10.3 Å². The van der Waals surface area contributed by atoms with Crippen molar-refractivity contribution in [1.29, 1.82) is 0 Å². The van der Waals surface area contributed by atoms with Gasteiger partial charge in [-0.3, -0.25) is 4.79 Å². The van der Waals surface area contributed by atoms with Gasteiger partial charge in [-0.2, -0.15) is 0 Å². The van der Waals surface area contributed by atoms with Crippen LogP contribution >= 0.6 is 0 Å². The van der Waals surface area contributed by atoms with Crippen LogP contribution in [0.25, 0.3) is 0 Å². The smallest absolute Gasteiger partial charge is 0.224 e. The summed E-state index contributed by atoms with van der Waals surface area (Å²) in [5, 5.41) is 2.80. The number of para-hydroxylation sites is 1. The molecule has 2 rings (SSSR count). The minimum absolute atomic E-state index is 0.0831. The molecule has 5 nitrogen and oxygen atoms in total. The third-order valence-electron chi connectivity index (χ3n) is 2.83. The van der Waals surface area contributed by atoms with E-state index in [1.807, 2.05) is 31.2 Å². The van der Waals surface area contributed by atoms with Gasteiger partial charge in [-0.25, -0.2) is 4.98 Å². The molecular formula is C14H16N2O3. The number of nitrogens with zero attached hydrogens (tertiary/aromatic N) is 1. The number of aromatic nitrogens is 1. The Morgan fingerprint density at radius 1 is 1.42 bits per heavy atom. The summed E-state index contributed by atoms with van der Waals surface area (Å²) in [7, 11) is 1.59. The van der Waals surface area contributed by atoms with Crippen molar-refractivity contribution >= 4 is 5.91 Å². The highest BCUT2D eigenvalue weighted by molar-refractivity contribution is 5.79. The molecular weight excluding hydrogens is 244 g/mol. The Morgan fingerprint density at radius 2 is 2.21 bits per heavy atom. The van der Waals surface area contributed by atoms with Crippen LogP contribution in [-0.2, 0) is 17.8 Å². The molecule has 0 aliphatic heterocycles. The van der Waals surface area contributed by atoms with Crippen molar-refractivity contribution in [2.45, 2.75) is 19.9 Å². The lowest BCUT2D eigenvalue weighted by Gasteiger charge is -2.08. The minimum atomic E-state index is -0.0831. The minimum Gasteiger partial charge on any atom is -0.496 e. The normalized spacial score (nSPS) is 10.2. The predicted molar refractivity (Wildman–Crippen MR) is 69.8 cm³/mol. The summed E-state index contributed by atoms with van der Waals surface area (Å²) in [5.41, 5.74) is 1.65. The number of rotatable bonds is 5. The zero-order valence-electron chi connectivity index (χ0n) is 11.0. The Morgan fingerprint density at radius 3 is 2.89 bits per heavy atom. The molecule has 1 amide bonds. The topological polar surface area (TPSA) is 64.4 Å². The van der Waals surface area contributed by atoms with E-state index in [0.717, 1.165) is 11.3 Å². The van der Waals surface area contributed by atoms with E-state index in [1.165, 1.54) is 6.39 Å². The summed E-state index contributed by atoms with van der Waals surface area (Å²) in [6.07, 6.45) is 1.65. The number of aryl methyl sites for hydroxylation is 1. The molecule has 0 saturated heterocycles. The summed E-state index contributed by atoms with van der Waals surface area (Å²) >= 11 is 0. The number of carbonyl (C=O) groups is 1. The first-order valence-electron chi connectivity index (χ1n) is 5.98. The molecule has 0 aliphatic carbocycles. The number of hydrogen-bond donors (Lipinski definition) is 1. The van der Waals surface area contributed by atoms with E-state index in [1.54, 1.807) is 7.11 Å². The Balaban J connectivity index is 1.93. The first kappa shape index (κ1) is 13.1. The van der Waals surface area contributed by atoms with Crippen molar-refractivity contribution in [3.05, 3.63) is 47.7 Å². The molecule has 100 valence electrons. The molecule has 0 spiro atoms. The van der Waals surface area contributed by atoms with Gasteiger partial charge < -0.3 is 14.5 Å². The molecule has 0 saturated carbocycles. The van der Waals surface area contributed by atoms with Gasteiger partial charge in [0.15, 0.2) is 6.39 Å². The third-order valence-corrected chi connectivity index (χ3v) is 2.83. The first-order valence-corrected chi connectivity index (χ1v) is 5.98. The Kier molecular flexibility index (Phi) is 4.18. The van der Waals surface area contributed by atoms with Gasteiger partial charge in [0.2, 0.25) is 5.91 Å². The molecule has 19 heavy (non-hydrogen) atoms. The summed E-state index contributed by atoms with van der Waals surface area (Å²) < 4.78 is 10.4. The Hall–Kier alpha value is -2.30. The SMILES string of the molecule is COc1ccccc1CC(=O)NCc1ocnc1C. The van der Waals surface area contributed by atoms with E-state index in [4.69, 9.17) is 9.15 Å². The molecule has 1 aromatic heterocycles. The molecule has 0 atom stereocenters. The van der Waals surface area contributed by atoms with Gasteiger partial charge in [0.05, 0.1) is 25.8 Å². The van der Waals surface area contributed by atoms with E-state index in [9.17, 15) is 4.79 Å². The molecule has 1 N–H and O–H groups in total. The van der Waals surface area contributed by atoms with Gasteiger partial charge >= 0.3 is 0 Å². The van der Waals surface area contributed by atoms with Crippen LogP contribution in [0.15, 0.2) is 35.1 Å². The lowest BCUT2D eigenvalue weighted by Crippen LogP contribution is -2.24. The van der Waals surface area contributed by atoms with E-state index in [2.05, 4.69) is 10.3 Å². The van der Waals surface area contributed by atoms with Crippen molar-refractivity contribution < 1.29 is 13.9 Å². The van der Waals surface area contributed by atoms with Crippen molar-refractivity contribution in [3.63, 3.8) is 0 Å². The molecule has 0 bridgehead atoms. The first-order chi connectivity index (χ1) is 9.20. The van der Waals surface area contributed by atoms with Crippen molar-refractivity contribution in [2.24, 2.45) is 0 Å². The lowest BCUT2D eigenvalue weighted by atomic mass is 10.1. The van der Waals surface area contributed by atoms with Crippen molar-refractivity contribution in [2.75, 3.05) is 7.11 Å². The molecule has 0 radical (unpaired) electrons. The van der Waals surface area contributed by atoms with Crippen LogP contribution in [0.4, 0.5) is 0 Å².